The normalized spacial score (nSPS) is 11.9. The minimum Gasteiger partial charge on any atom is -0.343 e. The maximum atomic E-state index is 13.7. The second-order valence-corrected chi connectivity index (χ2v) is 9.03. The monoisotopic (exact) mass is 492 g/mol. The first-order valence-corrected chi connectivity index (χ1v) is 11.5. The standard InChI is InChI=1S/C26H26ClFN6O/c1-15-9-19(28)5-6-20(15)23-11-18(14-34-8-7-33(4)26(34)29)12-24(32-23)25(35)31-17(3)22-10-16(2)21(27)13-30-22/h5-13,17,29H,14H2,1-4H3,(H,31,35). The van der Waals surface area contributed by atoms with Gasteiger partial charge >= 0.3 is 0 Å². The number of benzene rings is 1. The zero-order chi connectivity index (χ0) is 25.3. The van der Waals surface area contributed by atoms with Crippen LogP contribution in [0.4, 0.5) is 4.39 Å². The fourth-order valence-electron chi connectivity index (χ4n) is 3.84. The lowest BCUT2D eigenvalue weighted by Gasteiger charge is -2.16. The third-order valence-electron chi connectivity index (χ3n) is 5.87. The number of rotatable bonds is 6. The number of amides is 1. The Morgan fingerprint density at radius 2 is 1.94 bits per heavy atom. The maximum Gasteiger partial charge on any atom is 0.270 e. The molecule has 1 aromatic carbocycles. The third kappa shape index (κ3) is 5.33. The van der Waals surface area contributed by atoms with Crippen molar-refractivity contribution in [1.29, 1.82) is 5.41 Å². The zero-order valence-corrected chi connectivity index (χ0v) is 20.7. The smallest absolute Gasteiger partial charge is 0.270 e. The van der Waals surface area contributed by atoms with Gasteiger partial charge in [-0.1, -0.05) is 11.6 Å². The van der Waals surface area contributed by atoms with E-state index >= 15 is 0 Å². The van der Waals surface area contributed by atoms with Gasteiger partial charge in [-0.15, -0.1) is 0 Å². The molecule has 0 bridgehead atoms. The van der Waals surface area contributed by atoms with Crippen LogP contribution >= 0.6 is 11.6 Å². The number of aryl methyl sites for hydroxylation is 3. The van der Waals surface area contributed by atoms with E-state index < -0.39 is 0 Å². The molecule has 0 aliphatic carbocycles. The van der Waals surface area contributed by atoms with E-state index in [1.807, 2.05) is 32.2 Å². The van der Waals surface area contributed by atoms with Crippen molar-refractivity contribution < 1.29 is 9.18 Å². The molecule has 4 aromatic rings. The van der Waals surface area contributed by atoms with E-state index in [-0.39, 0.29) is 23.5 Å². The van der Waals surface area contributed by atoms with Crippen LogP contribution in [0.3, 0.4) is 0 Å². The maximum absolute atomic E-state index is 13.7. The van der Waals surface area contributed by atoms with Crippen LogP contribution in [-0.4, -0.2) is 25.0 Å². The van der Waals surface area contributed by atoms with Crippen molar-refractivity contribution in [2.45, 2.75) is 33.4 Å². The summed E-state index contributed by atoms with van der Waals surface area (Å²) < 4.78 is 17.2. The first-order valence-electron chi connectivity index (χ1n) is 11.1. The summed E-state index contributed by atoms with van der Waals surface area (Å²) in [5.74, 6) is -0.697. The van der Waals surface area contributed by atoms with Gasteiger partial charge in [0.1, 0.15) is 11.5 Å². The molecule has 1 amide bonds. The molecule has 0 aliphatic rings. The molecule has 4 rings (SSSR count). The summed E-state index contributed by atoms with van der Waals surface area (Å²) in [6.45, 7) is 5.90. The molecule has 2 N–H and O–H groups in total. The molecular formula is C26H26ClFN6O. The molecule has 3 aromatic heterocycles. The highest BCUT2D eigenvalue weighted by Gasteiger charge is 2.17. The molecule has 1 unspecified atom stereocenters. The van der Waals surface area contributed by atoms with E-state index in [9.17, 15) is 9.18 Å². The number of pyridine rings is 2. The molecule has 0 radical (unpaired) electrons. The van der Waals surface area contributed by atoms with Gasteiger partial charge in [-0.25, -0.2) is 9.37 Å². The van der Waals surface area contributed by atoms with Crippen LogP contribution in [0, 0.1) is 25.1 Å². The van der Waals surface area contributed by atoms with Crippen LogP contribution in [-0.2, 0) is 13.6 Å². The number of carbonyl (C=O) groups excluding carboxylic acids is 1. The molecule has 0 aliphatic heterocycles. The highest BCUT2D eigenvalue weighted by Crippen LogP contribution is 2.25. The Labute approximate surface area is 207 Å². The van der Waals surface area contributed by atoms with Crippen LogP contribution in [0.5, 0.6) is 0 Å². The molecule has 0 saturated heterocycles. The number of aromatic nitrogens is 4. The van der Waals surface area contributed by atoms with Gasteiger partial charge in [0.05, 0.1) is 29.0 Å². The third-order valence-corrected chi connectivity index (χ3v) is 6.27. The summed E-state index contributed by atoms with van der Waals surface area (Å²) >= 11 is 6.08. The first-order chi connectivity index (χ1) is 16.6. The summed E-state index contributed by atoms with van der Waals surface area (Å²) in [6.07, 6.45) is 5.17. The Hall–Kier alpha value is -3.78. The Balaban J connectivity index is 1.71. The lowest BCUT2D eigenvalue weighted by molar-refractivity contribution is 0.0934. The molecule has 9 heteroatoms. The van der Waals surface area contributed by atoms with Crippen molar-refractivity contribution in [3.05, 3.63) is 99.5 Å². The second-order valence-electron chi connectivity index (χ2n) is 8.62. The molecule has 1 atom stereocenters. The van der Waals surface area contributed by atoms with Gasteiger partial charge in [-0.3, -0.25) is 15.2 Å². The predicted molar refractivity (Wildman–Crippen MR) is 133 cm³/mol. The molecule has 3 heterocycles. The number of nitrogens with zero attached hydrogens (tertiary/aromatic N) is 4. The SMILES string of the molecule is Cc1cc(C(C)NC(=O)c2cc(Cn3ccn(C)c3=N)cc(-c3ccc(F)cc3C)n2)ncc1Cl. The minimum atomic E-state index is -0.372. The Kier molecular flexibility index (Phi) is 6.84. The van der Waals surface area contributed by atoms with Crippen molar-refractivity contribution in [2.75, 3.05) is 0 Å². The highest BCUT2D eigenvalue weighted by atomic mass is 35.5. The van der Waals surface area contributed by atoms with Gasteiger partial charge in [-0.2, -0.15) is 0 Å². The molecule has 7 nitrogen and oxygen atoms in total. The van der Waals surface area contributed by atoms with Gasteiger partial charge in [0.2, 0.25) is 5.62 Å². The second kappa shape index (κ2) is 9.84. The van der Waals surface area contributed by atoms with Crippen LogP contribution in [0.2, 0.25) is 5.02 Å². The van der Waals surface area contributed by atoms with Gasteiger partial charge in [-0.05, 0) is 73.9 Å². The minimum absolute atomic E-state index is 0.224. The summed E-state index contributed by atoms with van der Waals surface area (Å²) in [5, 5.41) is 11.7. The summed E-state index contributed by atoms with van der Waals surface area (Å²) in [5.41, 5.74) is 4.90. The Bertz CT molecular complexity index is 1480. The number of hydrogen-bond acceptors (Lipinski definition) is 4. The fourth-order valence-corrected chi connectivity index (χ4v) is 3.94. The largest absolute Gasteiger partial charge is 0.343 e. The average molecular weight is 493 g/mol. The van der Waals surface area contributed by atoms with E-state index in [1.165, 1.54) is 12.1 Å². The van der Waals surface area contributed by atoms with Gasteiger partial charge < -0.3 is 14.5 Å². The predicted octanol–water partition coefficient (Wildman–Crippen LogP) is 4.71. The van der Waals surface area contributed by atoms with Gasteiger partial charge in [0.15, 0.2) is 0 Å². The lowest BCUT2D eigenvalue weighted by Crippen LogP contribution is -2.28. The lowest BCUT2D eigenvalue weighted by atomic mass is 10.0. The van der Waals surface area contributed by atoms with Crippen molar-refractivity contribution >= 4 is 17.5 Å². The van der Waals surface area contributed by atoms with Crippen molar-refractivity contribution in [3.8, 4) is 11.3 Å². The molecule has 0 saturated carbocycles. The fraction of sp³-hybridized carbons (Fsp3) is 0.231. The zero-order valence-electron chi connectivity index (χ0n) is 19.9. The number of imidazole rings is 1. The number of nitrogens with one attached hydrogen (secondary N) is 2. The van der Waals surface area contributed by atoms with Gasteiger partial charge in [0.25, 0.3) is 5.91 Å². The number of halogens is 2. The van der Waals surface area contributed by atoms with Crippen LogP contribution in [0.25, 0.3) is 11.3 Å². The Morgan fingerprint density at radius 3 is 2.60 bits per heavy atom. The summed E-state index contributed by atoms with van der Waals surface area (Å²) in [6, 6.07) is 9.52. The van der Waals surface area contributed by atoms with Crippen molar-refractivity contribution in [1.82, 2.24) is 24.4 Å². The van der Waals surface area contributed by atoms with E-state index in [2.05, 4.69) is 15.3 Å². The highest BCUT2D eigenvalue weighted by molar-refractivity contribution is 6.31. The van der Waals surface area contributed by atoms with Crippen LogP contribution < -0.4 is 10.9 Å². The topological polar surface area (TPSA) is 88.6 Å². The van der Waals surface area contributed by atoms with Gasteiger partial charge in [0, 0.05) is 31.2 Å². The number of carbonyl (C=O) groups is 1. The van der Waals surface area contributed by atoms with Crippen molar-refractivity contribution in [2.24, 2.45) is 7.05 Å². The molecule has 180 valence electrons. The van der Waals surface area contributed by atoms with E-state index in [1.54, 1.807) is 47.6 Å². The molecule has 35 heavy (non-hydrogen) atoms. The summed E-state index contributed by atoms with van der Waals surface area (Å²) in [4.78, 5) is 22.2. The van der Waals surface area contributed by atoms with Crippen LogP contribution in [0.1, 0.15) is 45.8 Å². The van der Waals surface area contributed by atoms with Crippen LogP contribution in [0.15, 0.2) is 55.0 Å². The van der Waals surface area contributed by atoms with E-state index in [0.29, 0.717) is 34.1 Å². The van der Waals surface area contributed by atoms with Crippen molar-refractivity contribution in [3.63, 3.8) is 0 Å². The molecule has 0 fully saturated rings. The molecule has 0 spiro atoms. The Morgan fingerprint density at radius 1 is 1.17 bits per heavy atom. The average Bonchev–Trinajstić information content (AvgIpc) is 3.12. The first kappa shape index (κ1) is 24.3. The summed E-state index contributed by atoms with van der Waals surface area (Å²) in [7, 11) is 1.80. The van der Waals surface area contributed by atoms with E-state index in [4.69, 9.17) is 17.0 Å². The van der Waals surface area contributed by atoms with E-state index in [0.717, 1.165) is 16.7 Å². The molecular weight excluding hydrogens is 467 g/mol. The number of hydrogen-bond donors (Lipinski definition) is 2. The quantitative estimate of drug-likeness (QED) is 0.408.